The molecule has 7 nitrogen and oxygen atoms in total. The van der Waals surface area contributed by atoms with Crippen LogP contribution in [0, 0.1) is 0 Å². The van der Waals surface area contributed by atoms with Crippen molar-refractivity contribution in [2.45, 2.75) is 18.9 Å². The molecule has 4 rings (SSSR count). The third kappa shape index (κ3) is 4.00. The number of carbonyl (C=O) groups excluding carboxylic acids is 1. The van der Waals surface area contributed by atoms with Crippen molar-refractivity contribution in [1.82, 2.24) is 0 Å². The van der Waals surface area contributed by atoms with Crippen molar-refractivity contribution in [2.75, 3.05) is 48.8 Å². The summed E-state index contributed by atoms with van der Waals surface area (Å²) in [5, 5.41) is 0. The van der Waals surface area contributed by atoms with Crippen LogP contribution < -0.4 is 23.7 Å². The lowest BCUT2D eigenvalue weighted by Crippen LogP contribution is -2.48. The number of allylic oxidation sites excluding steroid dienone is 1. The van der Waals surface area contributed by atoms with Crippen molar-refractivity contribution in [3.8, 4) is 28.7 Å². The standard InChI is InChI=1S/C25H30NO6/c1-26(2)11-10-17-13-22-24(32-15-31-22)25(30-5)23(17)19(26)14-18(27)8-6-16-7-9-20(28-3)21(12-16)29-4/h6-9,12-13,19H,10-11,14-15H2,1-5H3/q+1/b8-6+/t19-/m0/s1. The Balaban J connectivity index is 1.61. The molecule has 1 atom stereocenters. The van der Waals surface area contributed by atoms with Gasteiger partial charge in [-0.3, -0.25) is 4.79 Å². The molecule has 0 saturated heterocycles. The predicted molar refractivity (Wildman–Crippen MR) is 121 cm³/mol. The zero-order valence-corrected chi connectivity index (χ0v) is 19.3. The number of ether oxygens (including phenoxy) is 5. The molecule has 0 unspecified atom stereocenters. The van der Waals surface area contributed by atoms with E-state index in [9.17, 15) is 4.79 Å². The maximum absolute atomic E-state index is 13.0. The van der Waals surface area contributed by atoms with Crippen molar-refractivity contribution in [1.29, 1.82) is 0 Å². The number of ketones is 1. The van der Waals surface area contributed by atoms with Crippen LogP contribution in [0.15, 0.2) is 30.3 Å². The summed E-state index contributed by atoms with van der Waals surface area (Å²) in [5.41, 5.74) is 3.07. The Labute approximate surface area is 188 Å². The van der Waals surface area contributed by atoms with E-state index in [0.717, 1.165) is 29.7 Å². The lowest BCUT2D eigenvalue weighted by Gasteiger charge is -2.43. The van der Waals surface area contributed by atoms with Crippen molar-refractivity contribution in [3.05, 3.63) is 47.0 Å². The molecular formula is C25H30NO6+. The maximum Gasteiger partial charge on any atom is 0.231 e. The van der Waals surface area contributed by atoms with Crippen LogP contribution in [0.2, 0.25) is 0 Å². The zero-order valence-electron chi connectivity index (χ0n) is 19.3. The lowest BCUT2D eigenvalue weighted by atomic mass is 9.86. The van der Waals surface area contributed by atoms with Gasteiger partial charge in [-0.2, -0.15) is 0 Å². The van der Waals surface area contributed by atoms with Crippen molar-refractivity contribution < 1.29 is 33.0 Å². The minimum atomic E-state index is -0.0502. The molecular weight excluding hydrogens is 410 g/mol. The molecule has 170 valence electrons. The fourth-order valence-corrected chi connectivity index (χ4v) is 4.52. The van der Waals surface area contributed by atoms with Crippen molar-refractivity contribution >= 4 is 11.9 Å². The second kappa shape index (κ2) is 8.74. The highest BCUT2D eigenvalue weighted by atomic mass is 16.7. The Morgan fingerprint density at radius 3 is 2.59 bits per heavy atom. The van der Waals surface area contributed by atoms with E-state index in [-0.39, 0.29) is 18.6 Å². The lowest BCUT2D eigenvalue weighted by molar-refractivity contribution is -0.922. The summed E-state index contributed by atoms with van der Waals surface area (Å²) in [5.74, 6) is 3.35. The SMILES string of the molecule is COc1ccc(/C=C/C(=O)C[C@H]2c3c(cc4c(c3OC)OCO4)CC[N+]2(C)C)cc1OC. The number of carbonyl (C=O) groups is 1. The summed E-state index contributed by atoms with van der Waals surface area (Å²) in [4.78, 5) is 13.0. The van der Waals surface area contributed by atoms with Gasteiger partial charge in [-0.25, -0.2) is 0 Å². The van der Waals surface area contributed by atoms with E-state index in [1.54, 1.807) is 27.4 Å². The highest BCUT2D eigenvalue weighted by Gasteiger charge is 2.41. The molecule has 0 spiro atoms. The van der Waals surface area contributed by atoms with Crippen LogP contribution in [0.4, 0.5) is 0 Å². The van der Waals surface area contributed by atoms with Crippen LogP contribution in [0.3, 0.4) is 0 Å². The molecule has 2 aliphatic rings. The van der Waals surface area contributed by atoms with E-state index in [1.165, 1.54) is 0 Å². The van der Waals surface area contributed by atoms with Gasteiger partial charge < -0.3 is 28.2 Å². The molecule has 0 radical (unpaired) electrons. The smallest absolute Gasteiger partial charge is 0.231 e. The van der Waals surface area contributed by atoms with Gasteiger partial charge in [0.2, 0.25) is 12.5 Å². The quantitative estimate of drug-likeness (QED) is 0.482. The van der Waals surface area contributed by atoms with Crippen LogP contribution >= 0.6 is 0 Å². The Kier molecular flexibility index (Phi) is 6.02. The number of hydrogen-bond acceptors (Lipinski definition) is 6. The van der Waals surface area contributed by atoms with Gasteiger partial charge in [0.1, 0.15) is 6.04 Å². The summed E-state index contributed by atoms with van der Waals surface area (Å²) >= 11 is 0. The third-order valence-electron chi connectivity index (χ3n) is 6.35. The van der Waals surface area contributed by atoms with E-state index in [0.29, 0.717) is 39.7 Å². The number of quaternary nitrogens is 1. The average molecular weight is 441 g/mol. The Morgan fingerprint density at radius 1 is 1.09 bits per heavy atom. The number of rotatable bonds is 7. The van der Waals surface area contributed by atoms with Crippen molar-refractivity contribution in [2.24, 2.45) is 0 Å². The summed E-state index contributed by atoms with van der Waals surface area (Å²) in [7, 11) is 9.14. The predicted octanol–water partition coefficient (Wildman–Crippen LogP) is 3.79. The largest absolute Gasteiger partial charge is 0.493 e. The number of fused-ring (bicyclic) bond motifs is 2. The first-order valence-electron chi connectivity index (χ1n) is 10.6. The minimum Gasteiger partial charge on any atom is -0.493 e. The molecule has 0 bridgehead atoms. The van der Waals surface area contributed by atoms with Crippen LogP contribution in [0.1, 0.15) is 29.2 Å². The van der Waals surface area contributed by atoms with Gasteiger partial charge in [-0.05, 0) is 35.4 Å². The Bertz CT molecular complexity index is 1060. The first-order valence-corrected chi connectivity index (χ1v) is 10.6. The Hall–Kier alpha value is -3.19. The molecule has 32 heavy (non-hydrogen) atoms. The number of nitrogens with zero attached hydrogens (tertiary/aromatic N) is 1. The number of methoxy groups -OCH3 is 3. The first-order chi connectivity index (χ1) is 15.4. The molecule has 7 heteroatoms. The van der Waals surface area contributed by atoms with Crippen LogP contribution in [-0.4, -0.2) is 59.0 Å². The van der Waals surface area contributed by atoms with E-state index in [1.807, 2.05) is 30.3 Å². The second-order valence-corrected chi connectivity index (χ2v) is 8.60. The van der Waals surface area contributed by atoms with Crippen LogP contribution in [-0.2, 0) is 11.2 Å². The summed E-state index contributed by atoms with van der Waals surface area (Å²) in [6, 6.07) is 7.56. The van der Waals surface area contributed by atoms with E-state index in [4.69, 9.17) is 23.7 Å². The van der Waals surface area contributed by atoms with Crippen molar-refractivity contribution in [3.63, 3.8) is 0 Å². The van der Waals surface area contributed by atoms with Gasteiger partial charge in [0.15, 0.2) is 28.8 Å². The molecule has 0 aromatic heterocycles. The van der Waals surface area contributed by atoms with E-state index >= 15 is 0 Å². The third-order valence-corrected chi connectivity index (χ3v) is 6.35. The molecule has 0 amide bonds. The maximum atomic E-state index is 13.0. The Morgan fingerprint density at radius 2 is 1.88 bits per heavy atom. The average Bonchev–Trinajstić information content (AvgIpc) is 3.26. The molecule has 0 N–H and O–H groups in total. The molecule has 0 saturated carbocycles. The monoisotopic (exact) mass is 440 g/mol. The molecule has 2 aromatic carbocycles. The number of likely N-dealkylation sites (N-methyl/N-ethyl adjacent to an activating group) is 1. The molecule has 0 fully saturated rings. The summed E-state index contributed by atoms with van der Waals surface area (Å²) in [6.07, 6.45) is 4.70. The van der Waals surface area contributed by atoms with Crippen LogP contribution in [0.25, 0.3) is 6.08 Å². The van der Waals surface area contributed by atoms with Crippen LogP contribution in [0.5, 0.6) is 28.7 Å². The minimum absolute atomic E-state index is 0.0450. The van der Waals surface area contributed by atoms with Gasteiger partial charge >= 0.3 is 0 Å². The highest BCUT2D eigenvalue weighted by Crippen LogP contribution is 2.51. The van der Waals surface area contributed by atoms with E-state index in [2.05, 4.69) is 14.1 Å². The number of hydrogen-bond donors (Lipinski definition) is 0. The van der Waals surface area contributed by atoms with Gasteiger partial charge in [-0.15, -0.1) is 0 Å². The van der Waals surface area contributed by atoms with E-state index < -0.39 is 0 Å². The molecule has 2 aromatic rings. The normalized spacial score (nSPS) is 18.3. The first kappa shape index (κ1) is 22.0. The second-order valence-electron chi connectivity index (χ2n) is 8.60. The molecule has 2 heterocycles. The molecule has 2 aliphatic heterocycles. The topological polar surface area (TPSA) is 63.2 Å². The fraction of sp³-hybridized carbons (Fsp3) is 0.400. The molecule has 0 aliphatic carbocycles. The van der Waals surface area contributed by atoms with Gasteiger partial charge in [0.25, 0.3) is 0 Å². The summed E-state index contributed by atoms with van der Waals surface area (Å²) in [6.45, 7) is 1.11. The van der Waals surface area contributed by atoms with Gasteiger partial charge in [-0.1, -0.05) is 12.1 Å². The van der Waals surface area contributed by atoms with Gasteiger partial charge in [0, 0.05) is 6.42 Å². The zero-order chi connectivity index (χ0) is 22.9. The number of benzene rings is 2. The summed E-state index contributed by atoms with van der Waals surface area (Å²) < 4.78 is 28.4. The highest BCUT2D eigenvalue weighted by molar-refractivity contribution is 5.94. The van der Waals surface area contributed by atoms with Gasteiger partial charge in [0.05, 0.1) is 54.0 Å². The fourth-order valence-electron chi connectivity index (χ4n) is 4.52.